The molecular formula is C16H14N4OS. The summed E-state index contributed by atoms with van der Waals surface area (Å²) in [5.74, 6) is -0.0418. The zero-order chi connectivity index (χ0) is 14.9. The van der Waals surface area contributed by atoms with E-state index >= 15 is 0 Å². The van der Waals surface area contributed by atoms with E-state index in [0.29, 0.717) is 11.4 Å². The SMILES string of the molecule is O=C(c1nccnc1-c1nc2ccccc2s1)N1CCCC1. The second-order valence-corrected chi connectivity index (χ2v) is 6.27. The lowest BCUT2D eigenvalue weighted by atomic mass is 10.2. The zero-order valence-electron chi connectivity index (χ0n) is 11.9. The third kappa shape index (κ3) is 2.25. The Balaban J connectivity index is 1.79. The first-order valence-electron chi connectivity index (χ1n) is 7.29. The van der Waals surface area contributed by atoms with E-state index in [2.05, 4.69) is 15.0 Å². The van der Waals surface area contributed by atoms with Crippen molar-refractivity contribution < 1.29 is 4.79 Å². The second-order valence-electron chi connectivity index (χ2n) is 5.24. The van der Waals surface area contributed by atoms with Gasteiger partial charge in [-0.2, -0.15) is 0 Å². The number of likely N-dealkylation sites (tertiary alicyclic amines) is 1. The van der Waals surface area contributed by atoms with Crippen molar-refractivity contribution in [1.82, 2.24) is 19.9 Å². The first-order valence-corrected chi connectivity index (χ1v) is 8.11. The van der Waals surface area contributed by atoms with Gasteiger partial charge in [0.1, 0.15) is 10.7 Å². The van der Waals surface area contributed by atoms with Gasteiger partial charge in [0.15, 0.2) is 5.69 Å². The fourth-order valence-electron chi connectivity index (χ4n) is 2.69. The van der Waals surface area contributed by atoms with E-state index in [1.807, 2.05) is 29.2 Å². The van der Waals surface area contributed by atoms with Crippen molar-refractivity contribution in [2.75, 3.05) is 13.1 Å². The fourth-order valence-corrected chi connectivity index (χ4v) is 3.66. The predicted octanol–water partition coefficient (Wildman–Crippen LogP) is 2.99. The van der Waals surface area contributed by atoms with Gasteiger partial charge in [-0.05, 0) is 25.0 Å². The minimum absolute atomic E-state index is 0.0418. The molecule has 2 aromatic heterocycles. The van der Waals surface area contributed by atoms with Crippen LogP contribution >= 0.6 is 11.3 Å². The maximum absolute atomic E-state index is 12.7. The Morgan fingerprint density at radius 1 is 1.09 bits per heavy atom. The minimum Gasteiger partial charge on any atom is -0.337 e. The van der Waals surface area contributed by atoms with Crippen LogP contribution in [0.25, 0.3) is 20.9 Å². The number of hydrogen-bond donors (Lipinski definition) is 0. The Hall–Kier alpha value is -2.34. The van der Waals surface area contributed by atoms with Crippen LogP contribution in [0.4, 0.5) is 0 Å². The average Bonchev–Trinajstić information content (AvgIpc) is 3.23. The second kappa shape index (κ2) is 5.46. The van der Waals surface area contributed by atoms with Crippen molar-refractivity contribution in [2.24, 2.45) is 0 Å². The van der Waals surface area contributed by atoms with Crippen molar-refractivity contribution in [3.63, 3.8) is 0 Å². The summed E-state index contributed by atoms with van der Waals surface area (Å²) in [6.45, 7) is 1.60. The number of para-hydroxylation sites is 1. The van der Waals surface area contributed by atoms with Gasteiger partial charge in [0.25, 0.3) is 5.91 Å². The number of carbonyl (C=O) groups is 1. The number of rotatable bonds is 2. The van der Waals surface area contributed by atoms with Crippen LogP contribution in [-0.2, 0) is 0 Å². The van der Waals surface area contributed by atoms with E-state index < -0.39 is 0 Å². The number of amides is 1. The first kappa shape index (κ1) is 13.3. The number of benzene rings is 1. The maximum Gasteiger partial charge on any atom is 0.274 e. The normalized spacial score (nSPS) is 14.6. The van der Waals surface area contributed by atoms with Crippen LogP contribution in [0.15, 0.2) is 36.7 Å². The van der Waals surface area contributed by atoms with Gasteiger partial charge < -0.3 is 4.90 Å². The molecule has 3 heterocycles. The van der Waals surface area contributed by atoms with Crippen LogP contribution in [-0.4, -0.2) is 38.8 Å². The molecule has 22 heavy (non-hydrogen) atoms. The third-order valence-electron chi connectivity index (χ3n) is 3.79. The number of hydrogen-bond acceptors (Lipinski definition) is 5. The molecule has 6 heteroatoms. The summed E-state index contributed by atoms with van der Waals surface area (Å²) in [5, 5.41) is 0.747. The van der Waals surface area contributed by atoms with Crippen LogP contribution in [0.3, 0.4) is 0 Å². The Morgan fingerprint density at radius 3 is 2.68 bits per heavy atom. The van der Waals surface area contributed by atoms with Crippen LogP contribution < -0.4 is 0 Å². The lowest BCUT2D eigenvalue weighted by Crippen LogP contribution is -2.29. The molecule has 0 saturated carbocycles. The molecule has 1 aliphatic heterocycles. The van der Waals surface area contributed by atoms with Gasteiger partial charge in [0, 0.05) is 25.5 Å². The van der Waals surface area contributed by atoms with E-state index in [-0.39, 0.29) is 5.91 Å². The van der Waals surface area contributed by atoms with Crippen LogP contribution in [0, 0.1) is 0 Å². The Kier molecular flexibility index (Phi) is 3.31. The topological polar surface area (TPSA) is 59.0 Å². The Labute approximate surface area is 131 Å². The van der Waals surface area contributed by atoms with Crippen molar-refractivity contribution in [3.8, 4) is 10.7 Å². The number of fused-ring (bicyclic) bond motifs is 1. The summed E-state index contributed by atoms with van der Waals surface area (Å²) in [5.41, 5.74) is 1.91. The summed E-state index contributed by atoms with van der Waals surface area (Å²) in [6.07, 6.45) is 5.30. The average molecular weight is 310 g/mol. The summed E-state index contributed by atoms with van der Waals surface area (Å²) in [7, 11) is 0. The molecule has 0 spiro atoms. The maximum atomic E-state index is 12.7. The molecule has 4 rings (SSSR count). The predicted molar refractivity (Wildman–Crippen MR) is 85.8 cm³/mol. The molecule has 0 bridgehead atoms. The molecule has 0 aliphatic carbocycles. The first-order chi connectivity index (χ1) is 10.8. The molecule has 5 nitrogen and oxygen atoms in total. The molecule has 110 valence electrons. The molecule has 1 aliphatic rings. The molecule has 0 unspecified atom stereocenters. The monoisotopic (exact) mass is 310 g/mol. The fraction of sp³-hybridized carbons (Fsp3) is 0.250. The van der Waals surface area contributed by atoms with Gasteiger partial charge >= 0.3 is 0 Å². The molecule has 3 aromatic rings. The molecule has 1 aromatic carbocycles. The van der Waals surface area contributed by atoms with Crippen molar-refractivity contribution >= 4 is 27.5 Å². The highest BCUT2D eigenvalue weighted by Crippen LogP contribution is 2.30. The van der Waals surface area contributed by atoms with Gasteiger partial charge in [-0.1, -0.05) is 12.1 Å². The largest absolute Gasteiger partial charge is 0.337 e. The summed E-state index contributed by atoms with van der Waals surface area (Å²) in [4.78, 5) is 27.8. The van der Waals surface area contributed by atoms with Gasteiger partial charge in [-0.25, -0.2) is 15.0 Å². The highest BCUT2D eigenvalue weighted by Gasteiger charge is 2.25. The minimum atomic E-state index is -0.0418. The summed E-state index contributed by atoms with van der Waals surface area (Å²) < 4.78 is 1.09. The van der Waals surface area contributed by atoms with Gasteiger partial charge in [0.05, 0.1) is 10.2 Å². The summed E-state index contributed by atoms with van der Waals surface area (Å²) in [6, 6.07) is 7.93. The van der Waals surface area contributed by atoms with E-state index in [9.17, 15) is 4.79 Å². The highest BCUT2D eigenvalue weighted by molar-refractivity contribution is 7.21. The molecule has 0 atom stereocenters. The van der Waals surface area contributed by atoms with E-state index in [0.717, 1.165) is 41.2 Å². The van der Waals surface area contributed by atoms with Gasteiger partial charge in [-0.15, -0.1) is 11.3 Å². The third-order valence-corrected chi connectivity index (χ3v) is 4.83. The molecule has 1 saturated heterocycles. The van der Waals surface area contributed by atoms with Crippen molar-refractivity contribution in [1.29, 1.82) is 0 Å². The summed E-state index contributed by atoms with van der Waals surface area (Å²) >= 11 is 1.54. The van der Waals surface area contributed by atoms with E-state index in [1.54, 1.807) is 23.7 Å². The standard InChI is InChI=1S/C16H14N4OS/c21-16(20-9-3-4-10-20)14-13(17-7-8-18-14)15-19-11-5-1-2-6-12(11)22-15/h1-2,5-8H,3-4,9-10H2. The number of nitrogens with zero attached hydrogens (tertiary/aromatic N) is 4. The quantitative estimate of drug-likeness (QED) is 0.730. The molecule has 0 N–H and O–H groups in total. The Morgan fingerprint density at radius 2 is 1.86 bits per heavy atom. The van der Waals surface area contributed by atoms with Crippen LogP contribution in [0.5, 0.6) is 0 Å². The molecule has 1 fully saturated rings. The Bertz CT molecular complexity index is 806. The van der Waals surface area contributed by atoms with Gasteiger partial charge in [-0.3, -0.25) is 4.79 Å². The lowest BCUT2D eigenvalue weighted by Gasteiger charge is -2.15. The van der Waals surface area contributed by atoms with Crippen LogP contribution in [0.1, 0.15) is 23.3 Å². The van der Waals surface area contributed by atoms with E-state index in [4.69, 9.17) is 0 Å². The van der Waals surface area contributed by atoms with E-state index in [1.165, 1.54) is 0 Å². The molecule has 0 radical (unpaired) electrons. The van der Waals surface area contributed by atoms with Crippen molar-refractivity contribution in [2.45, 2.75) is 12.8 Å². The highest BCUT2D eigenvalue weighted by atomic mass is 32.1. The number of carbonyl (C=O) groups excluding carboxylic acids is 1. The lowest BCUT2D eigenvalue weighted by molar-refractivity contribution is 0.0787. The smallest absolute Gasteiger partial charge is 0.274 e. The molecular weight excluding hydrogens is 296 g/mol. The number of aromatic nitrogens is 3. The van der Waals surface area contributed by atoms with Crippen molar-refractivity contribution in [3.05, 3.63) is 42.4 Å². The molecule has 1 amide bonds. The zero-order valence-corrected chi connectivity index (χ0v) is 12.7. The van der Waals surface area contributed by atoms with Crippen LogP contribution in [0.2, 0.25) is 0 Å². The number of thiazole rings is 1. The van der Waals surface area contributed by atoms with Gasteiger partial charge in [0.2, 0.25) is 0 Å².